The molecule has 0 heterocycles. The van der Waals surface area contributed by atoms with Crippen LogP contribution in [0.1, 0.15) is 31.9 Å². The lowest BCUT2D eigenvalue weighted by molar-refractivity contribution is -0.123. The normalized spacial score (nSPS) is 12.0. The molecule has 30 heavy (non-hydrogen) atoms. The molecule has 0 bridgehead atoms. The van der Waals surface area contributed by atoms with Gasteiger partial charge < -0.3 is 25.2 Å². The number of rotatable bonds is 8. The quantitative estimate of drug-likeness (QED) is 0.616. The zero-order chi connectivity index (χ0) is 22.1. The van der Waals surface area contributed by atoms with E-state index in [9.17, 15) is 14.7 Å². The molecule has 3 N–H and O–H groups in total. The molecule has 2 amide bonds. The summed E-state index contributed by atoms with van der Waals surface area (Å²) in [5, 5.41) is 15.0. The predicted octanol–water partition coefficient (Wildman–Crippen LogP) is 3.20. The van der Waals surface area contributed by atoms with Gasteiger partial charge in [0.1, 0.15) is 23.1 Å². The Kier molecular flexibility index (Phi) is 8.09. The van der Waals surface area contributed by atoms with Gasteiger partial charge >= 0.3 is 6.09 Å². The van der Waals surface area contributed by atoms with E-state index in [-0.39, 0.29) is 18.1 Å². The molecule has 0 spiro atoms. The lowest BCUT2D eigenvalue weighted by atomic mass is 10.0. The number of phenolic OH excluding ortho intramolecular Hbond substituents is 1. The Labute approximate surface area is 177 Å². The number of hydrogen-bond donors (Lipinski definition) is 3. The van der Waals surface area contributed by atoms with E-state index in [1.165, 1.54) is 0 Å². The van der Waals surface area contributed by atoms with Crippen LogP contribution in [0.15, 0.2) is 48.5 Å². The van der Waals surface area contributed by atoms with E-state index in [1.807, 2.05) is 24.3 Å². The molecule has 0 aliphatic carbocycles. The SMILES string of the molecule is COc1ccc(CCNC(=O)[C@H](Cc2ccc(O)cc2)NC(=O)OC(C)(C)C)cc1. The molecule has 2 aromatic rings. The van der Waals surface area contributed by atoms with Crippen LogP contribution in [0.3, 0.4) is 0 Å². The minimum absolute atomic E-state index is 0.138. The van der Waals surface area contributed by atoms with Gasteiger partial charge in [-0.05, 0) is 62.6 Å². The topological polar surface area (TPSA) is 96.9 Å². The van der Waals surface area contributed by atoms with E-state index in [4.69, 9.17) is 9.47 Å². The fourth-order valence-corrected chi connectivity index (χ4v) is 2.77. The highest BCUT2D eigenvalue weighted by Crippen LogP contribution is 2.13. The Morgan fingerprint density at radius 2 is 1.60 bits per heavy atom. The zero-order valence-corrected chi connectivity index (χ0v) is 17.9. The zero-order valence-electron chi connectivity index (χ0n) is 17.9. The molecule has 7 heteroatoms. The van der Waals surface area contributed by atoms with Crippen molar-refractivity contribution in [1.82, 2.24) is 10.6 Å². The Balaban J connectivity index is 1.98. The summed E-state index contributed by atoms with van der Waals surface area (Å²) in [4.78, 5) is 25.0. The van der Waals surface area contributed by atoms with Gasteiger partial charge in [-0.15, -0.1) is 0 Å². The van der Waals surface area contributed by atoms with Crippen LogP contribution in [0.25, 0.3) is 0 Å². The number of ether oxygens (including phenoxy) is 2. The minimum atomic E-state index is -0.805. The van der Waals surface area contributed by atoms with Crippen LogP contribution in [0.2, 0.25) is 0 Å². The largest absolute Gasteiger partial charge is 0.508 e. The number of carbonyl (C=O) groups excluding carboxylic acids is 2. The van der Waals surface area contributed by atoms with Gasteiger partial charge in [-0.3, -0.25) is 4.79 Å². The van der Waals surface area contributed by atoms with Crippen LogP contribution in [-0.4, -0.2) is 42.4 Å². The highest BCUT2D eigenvalue weighted by atomic mass is 16.6. The average molecular weight is 415 g/mol. The second kappa shape index (κ2) is 10.5. The molecule has 0 aliphatic heterocycles. The molecule has 0 saturated carbocycles. The molecule has 2 rings (SSSR count). The predicted molar refractivity (Wildman–Crippen MR) is 115 cm³/mol. The average Bonchev–Trinajstić information content (AvgIpc) is 2.68. The summed E-state index contributed by atoms with van der Waals surface area (Å²) in [5.41, 5.74) is 1.20. The van der Waals surface area contributed by atoms with Gasteiger partial charge in [-0.25, -0.2) is 4.79 Å². The Morgan fingerprint density at radius 3 is 2.17 bits per heavy atom. The van der Waals surface area contributed by atoms with Crippen molar-refractivity contribution in [2.75, 3.05) is 13.7 Å². The number of nitrogens with one attached hydrogen (secondary N) is 2. The molecule has 0 radical (unpaired) electrons. The molecule has 7 nitrogen and oxygen atoms in total. The van der Waals surface area contributed by atoms with Crippen LogP contribution in [0.5, 0.6) is 11.5 Å². The third kappa shape index (κ3) is 8.03. The van der Waals surface area contributed by atoms with Crippen molar-refractivity contribution >= 4 is 12.0 Å². The summed E-state index contributed by atoms with van der Waals surface area (Å²) in [6.45, 7) is 5.71. The van der Waals surface area contributed by atoms with Crippen molar-refractivity contribution in [1.29, 1.82) is 0 Å². The number of phenols is 1. The van der Waals surface area contributed by atoms with Crippen molar-refractivity contribution in [2.45, 2.75) is 45.3 Å². The lowest BCUT2D eigenvalue weighted by Crippen LogP contribution is -2.49. The summed E-state index contributed by atoms with van der Waals surface area (Å²) < 4.78 is 10.4. The van der Waals surface area contributed by atoms with E-state index in [0.717, 1.165) is 16.9 Å². The fourth-order valence-electron chi connectivity index (χ4n) is 2.77. The maximum absolute atomic E-state index is 12.8. The third-order valence-corrected chi connectivity index (χ3v) is 4.26. The van der Waals surface area contributed by atoms with E-state index in [0.29, 0.717) is 13.0 Å². The molecule has 0 saturated heterocycles. The molecule has 0 unspecified atom stereocenters. The van der Waals surface area contributed by atoms with E-state index >= 15 is 0 Å². The summed E-state index contributed by atoms with van der Waals surface area (Å²) in [6, 6.07) is 13.3. The molecular formula is C23H30N2O5. The maximum atomic E-state index is 12.8. The van der Waals surface area contributed by atoms with Gasteiger partial charge in [-0.2, -0.15) is 0 Å². The van der Waals surface area contributed by atoms with Gasteiger partial charge in [0.15, 0.2) is 0 Å². The summed E-state index contributed by atoms with van der Waals surface area (Å²) in [5.74, 6) is 0.611. The van der Waals surface area contributed by atoms with Gasteiger partial charge in [0.2, 0.25) is 5.91 Å². The number of amides is 2. The first-order chi connectivity index (χ1) is 14.2. The highest BCUT2D eigenvalue weighted by Gasteiger charge is 2.24. The number of methoxy groups -OCH3 is 1. The number of carbonyl (C=O) groups is 2. The minimum Gasteiger partial charge on any atom is -0.508 e. The summed E-state index contributed by atoms with van der Waals surface area (Å²) >= 11 is 0. The molecule has 2 aromatic carbocycles. The standard InChI is InChI=1S/C23H30N2O5/c1-23(2,3)30-22(28)25-20(15-17-5-9-18(26)10-6-17)21(27)24-14-13-16-7-11-19(29-4)12-8-16/h5-12,20,26H,13-15H2,1-4H3,(H,24,27)(H,25,28)/t20-/m0/s1. The number of alkyl carbamates (subject to hydrolysis) is 1. The van der Waals surface area contributed by atoms with Crippen LogP contribution in [-0.2, 0) is 22.4 Å². The van der Waals surface area contributed by atoms with Crippen molar-refractivity contribution in [3.63, 3.8) is 0 Å². The van der Waals surface area contributed by atoms with Crippen molar-refractivity contribution in [3.8, 4) is 11.5 Å². The van der Waals surface area contributed by atoms with Crippen molar-refractivity contribution < 1.29 is 24.2 Å². The Bertz CT molecular complexity index is 826. The second-order valence-corrected chi connectivity index (χ2v) is 7.96. The van der Waals surface area contributed by atoms with Gasteiger partial charge in [-0.1, -0.05) is 24.3 Å². The van der Waals surface area contributed by atoms with E-state index in [1.54, 1.807) is 52.1 Å². The first kappa shape index (κ1) is 23.1. The number of hydrogen-bond acceptors (Lipinski definition) is 5. The Hall–Kier alpha value is -3.22. The lowest BCUT2D eigenvalue weighted by Gasteiger charge is -2.23. The van der Waals surface area contributed by atoms with E-state index < -0.39 is 17.7 Å². The molecular weight excluding hydrogens is 384 g/mol. The summed E-state index contributed by atoms with van der Waals surface area (Å²) in [6.07, 6.45) is 0.263. The Morgan fingerprint density at radius 1 is 1.00 bits per heavy atom. The third-order valence-electron chi connectivity index (χ3n) is 4.26. The first-order valence-electron chi connectivity index (χ1n) is 9.84. The smallest absolute Gasteiger partial charge is 0.408 e. The molecule has 162 valence electrons. The van der Waals surface area contributed by atoms with E-state index in [2.05, 4.69) is 10.6 Å². The van der Waals surface area contributed by atoms with Gasteiger partial charge in [0.25, 0.3) is 0 Å². The highest BCUT2D eigenvalue weighted by molar-refractivity contribution is 5.86. The van der Waals surface area contributed by atoms with Gasteiger partial charge in [0, 0.05) is 13.0 Å². The maximum Gasteiger partial charge on any atom is 0.408 e. The molecule has 1 atom stereocenters. The molecule has 0 aliphatic rings. The number of benzene rings is 2. The van der Waals surface area contributed by atoms with Crippen LogP contribution in [0.4, 0.5) is 4.79 Å². The van der Waals surface area contributed by atoms with Gasteiger partial charge in [0.05, 0.1) is 7.11 Å². The van der Waals surface area contributed by atoms with Crippen molar-refractivity contribution in [3.05, 3.63) is 59.7 Å². The first-order valence-corrected chi connectivity index (χ1v) is 9.84. The second-order valence-electron chi connectivity index (χ2n) is 7.96. The monoisotopic (exact) mass is 414 g/mol. The summed E-state index contributed by atoms with van der Waals surface area (Å²) in [7, 11) is 1.61. The van der Waals surface area contributed by atoms with Crippen LogP contribution in [0, 0.1) is 0 Å². The van der Waals surface area contributed by atoms with Crippen LogP contribution >= 0.6 is 0 Å². The van der Waals surface area contributed by atoms with Crippen LogP contribution < -0.4 is 15.4 Å². The fraction of sp³-hybridized carbons (Fsp3) is 0.391. The number of aromatic hydroxyl groups is 1. The molecule has 0 aromatic heterocycles. The molecule has 0 fully saturated rings. The van der Waals surface area contributed by atoms with Crippen molar-refractivity contribution in [2.24, 2.45) is 0 Å².